The number of amides is 1. The Morgan fingerprint density at radius 1 is 1.05 bits per heavy atom. The lowest BCUT2D eigenvalue weighted by Gasteiger charge is -2.05. The van der Waals surface area contributed by atoms with Gasteiger partial charge < -0.3 is 9.88 Å². The van der Waals surface area contributed by atoms with Gasteiger partial charge in [-0.25, -0.2) is 0 Å². The van der Waals surface area contributed by atoms with E-state index in [1.807, 2.05) is 49.5 Å². The summed E-state index contributed by atoms with van der Waals surface area (Å²) in [6.45, 7) is 3.33. The van der Waals surface area contributed by atoms with Crippen molar-refractivity contribution in [1.29, 1.82) is 0 Å². The number of aromatic nitrogens is 1. The van der Waals surface area contributed by atoms with Crippen molar-refractivity contribution in [2.75, 3.05) is 6.54 Å². The Morgan fingerprint density at radius 2 is 1.76 bits per heavy atom. The van der Waals surface area contributed by atoms with Crippen LogP contribution in [0.5, 0.6) is 0 Å². The minimum absolute atomic E-state index is 0.0134. The first-order valence-electron chi connectivity index (χ1n) is 7.19. The second-order valence-corrected chi connectivity index (χ2v) is 5.03. The highest BCUT2D eigenvalue weighted by Crippen LogP contribution is 2.22. The number of benzene rings is 2. The van der Waals surface area contributed by atoms with Crippen LogP contribution in [0.25, 0.3) is 10.9 Å². The Morgan fingerprint density at radius 3 is 2.52 bits per heavy atom. The summed E-state index contributed by atoms with van der Waals surface area (Å²) < 4.78 is 2.13. The van der Waals surface area contributed by atoms with Crippen LogP contribution in [0, 0.1) is 0 Å². The monoisotopic (exact) mass is 278 g/mol. The first-order chi connectivity index (χ1) is 10.3. The second kappa shape index (κ2) is 5.83. The molecule has 0 radical (unpaired) electrons. The number of hydrogen-bond donors (Lipinski definition) is 1. The van der Waals surface area contributed by atoms with E-state index in [0.29, 0.717) is 6.54 Å². The molecule has 0 atom stereocenters. The van der Waals surface area contributed by atoms with Crippen LogP contribution < -0.4 is 5.32 Å². The summed E-state index contributed by atoms with van der Waals surface area (Å²) in [7, 11) is 0. The number of nitrogens with one attached hydrogen (secondary N) is 1. The Hall–Kier alpha value is -2.55. The number of carbonyl (C=O) groups excluding carboxylic acids is 1. The zero-order valence-corrected chi connectivity index (χ0v) is 12.0. The predicted octanol–water partition coefficient (Wildman–Crippen LogP) is 3.44. The van der Waals surface area contributed by atoms with Crippen molar-refractivity contribution in [2.45, 2.75) is 13.5 Å². The van der Waals surface area contributed by atoms with Crippen LogP contribution in [-0.4, -0.2) is 17.0 Å². The van der Waals surface area contributed by atoms with Gasteiger partial charge in [0.05, 0.1) is 5.56 Å². The Balaban J connectivity index is 2.05. The number of fused-ring (bicyclic) bond motifs is 1. The highest BCUT2D eigenvalue weighted by atomic mass is 16.1. The molecule has 1 aromatic heterocycles. The zero-order valence-electron chi connectivity index (χ0n) is 12.0. The smallest absolute Gasteiger partial charge is 0.253 e. The van der Waals surface area contributed by atoms with E-state index in [4.69, 9.17) is 0 Å². The second-order valence-electron chi connectivity index (χ2n) is 5.03. The third-order valence-corrected chi connectivity index (χ3v) is 3.57. The molecule has 0 aliphatic carbocycles. The molecule has 0 fully saturated rings. The quantitative estimate of drug-likeness (QED) is 0.779. The van der Waals surface area contributed by atoms with E-state index in [2.05, 4.69) is 28.1 Å². The number of carbonyl (C=O) groups is 1. The molecule has 1 amide bonds. The molecule has 1 N–H and O–H groups in total. The fraction of sp³-hybridized carbons (Fsp3) is 0.167. The van der Waals surface area contributed by atoms with E-state index in [1.54, 1.807) is 0 Å². The van der Waals surface area contributed by atoms with Crippen LogP contribution in [-0.2, 0) is 6.54 Å². The summed E-state index contributed by atoms with van der Waals surface area (Å²) in [6.07, 6.45) is 1.95. The lowest BCUT2D eigenvalue weighted by molar-refractivity contribution is 0.0957. The van der Waals surface area contributed by atoms with Gasteiger partial charge in [0.1, 0.15) is 0 Å². The first-order valence-corrected chi connectivity index (χ1v) is 7.19. The van der Waals surface area contributed by atoms with Gasteiger partial charge in [0.25, 0.3) is 5.91 Å². The summed E-state index contributed by atoms with van der Waals surface area (Å²) in [5.41, 5.74) is 3.05. The van der Waals surface area contributed by atoms with Crippen LogP contribution in [0.3, 0.4) is 0 Å². The van der Waals surface area contributed by atoms with E-state index < -0.39 is 0 Å². The molecule has 3 rings (SSSR count). The predicted molar refractivity (Wildman–Crippen MR) is 85.5 cm³/mol. The average Bonchev–Trinajstić information content (AvgIpc) is 2.88. The maximum atomic E-state index is 12.2. The van der Waals surface area contributed by atoms with E-state index in [9.17, 15) is 4.79 Å². The van der Waals surface area contributed by atoms with Crippen molar-refractivity contribution in [1.82, 2.24) is 9.88 Å². The fourth-order valence-electron chi connectivity index (χ4n) is 2.59. The van der Waals surface area contributed by atoms with Gasteiger partial charge in [-0.1, -0.05) is 48.5 Å². The molecule has 1 heterocycles. The third kappa shape index (κ3) is 2.68. The van der Waals surface area contributed by atoms with E-state index >= 15 is 0 Å². The molecule has 106 valence electrons. The topological polar surface area (TPSA) is 34.0 Å². The maximum Gasteiger partial charge on any atom is 0.253 e. The molecule has 2 aromatic carbocycles. The highest BCUT2D eigenvalue weighted by molar-refractivity contribution is 6.07. The van der Waals surface area contributed by atoms with Crippen molar-refractivity contribution >= 4 is 16.8 Å². The van der Waals surface area contributed by atoms with Gasteiger partial charge in [0.2, 0.25) is 0 Å². The van der Waals surface area contributed by atoms with E-state index in [-0.39, 0.29) is 5.91 Å². The van der Waals surface area contributed by atoms with Crippen molar-refractivity contribution in [3.8, 4) is 0 Å². The lowest BCUT2D eigenvalue weighted by atomic mass is 10.1. The van der Waals surface area contributed by atoms with E-state index in [0.717, 1.165) is 23.0 Å². The van der Waals surface area contributed by atoms with Gasteiger partial charge in [-0.2, -0.15) is 0 Å². The summed E-state index contributed by atoms with van der Waals surface area (Å²) in [4.78, 5) is 12.2. The molecule has 0 aliphatic rings. The zero-order chi connectivity index (χ0) is 14.7. The van der Waals surface area contributed by atoms with Gasteiger partial charge in [0, 0.05) is 30.2 Å². The van der Waals surface area contributed by atoms with Gasteiger partial charge in [0.15, 0.2) is 0 Å². The molecule has 3 aromatic rings. The summed E-state index contributed by atoms with van der Waals surface area (Å²) in [5.74, 6) is -0.0134. The molecule has 3 heteroatoms. The fourth-order valence-corrected chi connectivity index (χ4v) is 2.59. The Kier molecular flexibility index (Phi) is 3.73. The van der Waals surface area contributed by atoms with E-state index in [1.165, 1.54) is 5.56 Å². The molecule has 0 bridgehead atoms. The first kappa shape index (κ1) is 13.4. The maximum absolute atomic E-state index is 12.2. The van der Waals surface area contributed by atoms with Crippen molar-refractivity contribution in [2.24, 2.45) is 0 Å². The number of hydrogen-bond acceptors (Lipinski definition) is 1. The summed E-state index contributed by atoms with van der Waals surface area (Å²) in [5, 5.41) is 3.88. The minimum atomic E-state index is -0.0134. The standard InChI is InChI=1S/C18H18N2O/c1-2-19-18(21)16-13-20(12-14-8-4-3-5-9-14)17-11-7-6-10-15(16)17/h3-11,13H,2,12H2,1H3,(H,19,21). The largest absolute Gasteiger partial charge is 0.352 e. The van der Waals surface area contributed by atoms with Crippen LogP contribution in [0.2, 0.25) is 0 Å². The normalized spacial score (nSPS) is 10.7. The SMILES string of the molecule is CCNC(=O)c1cn(Cc2ccccc2)c2ccccc12. The Labute approximate surface area is 124 Å². The molecular formula is C18H18N2O. The minimum Gasteiger partial charge on any atom is -0.352 e. The molecule has 3 nitrogen and oxygen atoms in total. The van der Waals surface area contributed by atoms with Gasteiger partial charge in [-0.05, 0) is 18.6 Å². The van der Waals surface area contributed by atoms with Crippen LogP contribution in [0.1, 0.15) is 22.8 Å². The summed E-state index contributed by atoms with van der Waals surface area (Å²) in [6, 6.07) is 18.3. The average molecular weight is 278 g/mol. The third-order valence-electron chi connectivity index (χ3n) is 3.57. The van der Waals surface area contributed by atoms with Crippen LogP contribution in [0.4, 0.5) is 0 Å². The van der Waals surface area contributed by atoms with Gasteiger partial charge >= 0.3 is 0 Å². The molecule has 0 saturated heterocycles. The molecule has 0 saturated carbocycles. The molecule has 21 heavy (non-hydrogen) atoms. The molecule has 0 spiro atoms. The molecular weight excluding hydrogens is 260 g/mol. The van der Waals surface area contributed by atoms with Crippen molar-refractivity contribution in [3.05, 3.63) is 71.9 Å². The van der Waals surface area contributed by atoms with Crippen LogP contribution in [0.15, 0.2) is 60.8 Å². The highest BCUT2D eigenvalue weighted by Gasteiger charge is 2.14. The molecule has 0 aliphatic heterocycles. The number of rotatable bonds is 4. The van der Waals surface area contributed by atoms with Gasteiger partial charge in [-0.3, -0.25) is 4.79 Å². The Bertz CT molecular complexity index is 759. The lowest BCUT2D eigenvalue weighted by Crippen LogP contribution is -2.22. The number of para-hydroxylation sites is 1. The van der Waals surface area contributed by atoms with Gasteiger partial charge in [-0.15, -0.1) is 0 Å². The van der Waals surface area contributed by atoms with Crippen molar-refractivity contribution < 1.29 is 4.79 Å². The van der Waals surface area contributed by atoms with Crippen molar-refractivity contribution in [3.63, 3.8) is 0 Å². The summed E-state index contributed by atoms with van der Waals surface area (Å²) >= 11 is 0. The molecule has 0 unspecified atom stereocenters. The van der Waals surface area contributed by atoms with Crippen LogP contribution >= 0.6 is 0 Å². The number of nitrogens with zero attached hydrogens (tertiary/aromatic N) is 1.